The molecule has 11 rings (SSSR count). The number of para-hydroxylation sites is 5. The van der Waals surface area contributed by atoms with Crippen molar-refractivity contribution < 1.29 is 4.74 Å². The highest BCUT2D eigenvalue weighted by molar-refractivity contribution is 6.99. The lowest BCUT2D eigenvalue weighted by Gasteiger charge is -2.40. The van der Waals surface area contributed by atoms with Gasteiger partial charge in [0.05, 0.1) is 22.4 Å². The van der Waals surface area contributed by atoms with Gasteiger partial charge in [-0.25, -0.2) is 0 Å². The molecule has 3 nitrogen and oxygen atoms in total. The lowest BCUT2D eigenvalue weighted by Crippen LogP contribution is -2.59. The van der Waals surface area contributed by atoms with Crippen molar-refractivity contribution in [3.8, 4) is 39.4 Å². The molecule has 0 aliphatic carbocycles. The van der Waals surface area contributed by atoms with Crippen molar-refractivity contribution in [2.75, 3.05) is 4.90 Å². The molecule has 1 aromatic heterocycles. The summed E-state index contributed by atoms with van der Waals surface area (Å²) in [6.07, 6.45) is 0. The molecule has 0 spiro atoms. The smallest absolute Gasteiger partial charge is 0.256 e. The van der Waals surface area contributed by atoms with E-state index in [1.54, 1.807) is 0 Å². The third-order valence-corrected chi connectivity index (χ3v) is 10.9. The van der Waals surface area contributed by atoms with E-state index in [4.69, 9.17) is 4.74 Å². The van der Waals surface area contributed by atoms with Crippen LogP contribution >= 0.6 is 0 Å². The van der Waals surface area contributed by atoms with E-state index in [2.05, 4.69) is 198 Å². The van der Waals surface area contributed by atoms with E-state index in [1.165, 1.54) is 71.8 Å². The van der Waals surface area contributed by atoms with Crippen molar-refractivity contribution in [2.45, 2.75) is 0 Å². The summed E-state index contributed by atoms with van der Waals surface area (Å²) in [5.41, 5.74) is 15.5. The van der Waals surface area contributed by atoms with Crippen LogP contribution in [0.15, 0.2) is 188 Å². The van der Waals surface area contributed by atoms with Crippen LogP contribution in [0.2, 0.25) is 0 Å². The first-order valence-corrected chi connectivity index (χ1v) is 17.9. The second kappa shape index (κ2) is 11.4. The Morgan fingerprint density at radius 3 is 1.87 bits per heavy atom. The fraction of sp³-hybridized carbons (Fsp3) is 0. The van der Waals surface area contributed by atoms with Crippen molar-refractivity contribution >= 4 is 62.0 Å². The third kappa shape index (κ3) is 4.21. The van der Waals surface area contributed by atoms with Crippen LogP contribution in [-0.4, -0.2) is 11.3 Å². The molecule has 0 bridgehead atoms. The number of benzene rings is 8. The van der Waals surface area contributed by atoms with Gasteiger partial charge in [0.25, 0.3) is 6.71 Å². The minimum atomic E-state index is 0.0944. The molecule has 9 aromatic rings. The van der Waals surface area contributed by atoms with Gasteiger partial charge in [-0.2, -0.15) is 0 Å². The van der Waals surface area contributed by atoms with E-state index in [1.807, 2.05) is 0 Å². The van der Waals surface area contributed by atoms with Crippen LogP contribution in [0.25, 0.3) is 49.7 Å². The highest BCUT2D eigenvalue weighted by Gasteiger charge is 2.41. The maximum Gasteiger partial charge on any atom is 0.256 e. The molecule has 0 N–H and O–H groups in total. The number of nitrogens with zero attached hydrogens (tertiary/aromatic N) is 2. The predicted molar refractivity (Wildman–Crippen MR) is 218 cm³/mol. The second-order valence-electron chi connectivity index (χ2n) is 13.6. The Morgan fingerprint density at radius 2 is 1.00 bits per heavy atom. The lowest BCUT2D eigenvalue weighted by molar-refractivity contribution is 0.487. The van der Waals surface area contributed by atoms with E-state index in [9.17, 15) is 0 Å². The van der Waals surface area contributed by atoms with E-state index in [0.29, 0.717) is 0 Å². The van der Waals surface area contributed by atoms with Gasteiger partial charge in [0.2, 0.25) is 0 Å². The average molecular weight is 663 g/mol. The second-order valence-corrected chi connectivity index (χ2v) is 13.6. The summed E-state index contributed by atoms with van der Waals surface area (Å²) in [7, 11) is 0. The summed E-state index contributed by atoms with van der Waals surface area (Å²) in [6.45, 7) is 0.0944. The summed E-state index contributed by atoms with van der Waals surface area (Å²) in [6, 6.07) is 67.8. The SMILES string of the molecule is c1ccc(-c2ccccc2-n2c3ccccc3c3cc(-c4ccccc4N4c5ccccc5B5c6ccccc6Oc6cccc4c65)ccc32)cc1. The molecular weight excluding hydrogens is 631 g/mol. The van der Waals surface area contributed by atoms with Crippen LogP contribution in [0.4, 0.5) is 17.1 Å². The van der Waals surface area contributed by atoms with E-state index < -0.39 is 0 Å². The van der Waals surface area contributed by atoms with Gasteiger partial charge in [0.1, 0.15) is 11.5 Å². The Kier molecular flexibility index (Phi) is 6.35. The van der Waals surface area contributed by atoms with Gasteiger partial charge in [-0.05, 0) is 82.1 Å². The zero-order valence-corrected chi connectivity index (χ0v) is 28.3. The van der Waals surface area contributed by atoms with Gasteiger partial charge in [0, 0.05) is 33.3 Å². The topological polar surface area (TPSA) is 17.4 Å². The van der Waals surface area contributed by atoms with Crippen LogP contribution in [0.5, 0.6) is 11.5 Å². The minimum Gasteiger partial charge on any atom is -0.458 e. The first-order chi connectivity index (χ1) is 25.8. The molecule has 8 aromatic carbocycles. The summed E-state index contributed by atoms with van der Waals surface area (Å²) in [5, 5.41) is 2.46. The third-order valence-electron chi connectivity index (χ3n) is 10.9. The fourth-order valence-corrected chi connectivity index (χ4v) is 8.68. The lowest BCUT2D eigenvalue weighted by atomic mass is 9.34. The van der Waals surface area contributed by atoms with E-state index in [0.717, 1.165) is 22.9 Å². The molecule has 0 atom stereocenters. The molecule has 0 unspecified atom stereocenters. The number of anilines is 3. The van der Waals surface area contributed by atoms with Gasteiger partial charge in [-0.3, -0.25) is 0 Å². The molecule has 0 radical (unpaired) electrons. The van der Waals surface area contributed by atoms with Crippen molar-refractivity contribution in [1.82, 2.24) is 4.57 Å². The maximum absolute atomic E-state index is 6.57. The molecule has 2 aliphatic rings. The van der Waals surface area contributed by atoms with Crippen molar-refractivity contribution in [3.05, 3.63) is 188 Å². The summed E-state index contributed by atoms with van der Waals surface area (Å²) in [4.78, 5) is 2.45. The molecule has 2 aliphatic heterocycles. The number of aromatic nitrogens is 1. The van der Waals surface area contributed by atoms with Gasteiger partial charge >= 0.3 is 0 Å². The summed E-state index contributed by atoms with van der Waals surface area (Å²) in [5.74, 6) is 1.85. The zero-order chi connectivity index (χ0) is 34.2. The maximum atomic E-state index is 6.57. The Morgan fingerprint density at radius 1 is 0.385 bits per heavy atom. The van der Waals surface area contributed by atoms with Crippen molar-refractivity contribution in [2.24, 2.45) is 0 Å². The predicted octanol–water partition coefficient (Wildman–Crippen LogP) is 10.5. The average Bonchev–Trinajstić information content (AvgIpc) is 3.54. The molecular formula is C48H31BN2O. The first kappa shape index (κ1) is 29.0. The van der Waals surface area contributed by atoms with Crippen molar-refractivity contribution in [3.63, 3.8) is 0 Å². The quantitative estimate of drug-likeness (QED) is 0.175. The molecule has 0 saturated heterocycles. The van der Waals surface area contributed by atoms with Crippen LogP contribution in [-0.2, 0) is 0 Å². The number of hydrogen-bond donors (Lipinski definition) is 0. The van der Waals surface area contributed by atoms with Gasteiger partial charge < -0.3 is 14.2 Å². The van der Waals surface area contributed by atoms with Gasteiger partial charge in [0.15, 0.2) is 0 Å². The largest absolute Gasteiger partial charge is 0.458 e. The highest BCUT2D eigenvalue weighted by atomic mass is 16.5. The normalized spacial score (nSPS) is 12.7. The Hall–Kier alpha value is -6.78. The molecule has 0 amide bonds. The van der Waals surface area contributed by atoms with Crippen LogP contribution in [0.3, 0.4) is 0 Å². The Labute approximate surface area is 302 Å². The Bertz CT molecular complexity index is 2860. The molecule has 242 valence electrons. The first-order valence-electron chi connectivity index (χ1n) is 17.9. The summed E-state index contributed by atoms with van der Waals surface area (Å²) < 4.78 is 9.00. The number of hydrogen-bond acceptors (Lipinski definition) is 2. The van der Waals surface area contributed by atoms with Crippen LogP contribution in [0.1, 0.15) is 0 Å². The molecule has 0 saturated carbocycles. The molecule has 4 heteroatoms. The number of fused-ring (bicyclic) bond motifs is 7. The molecule has 0 fully saturated rings. The monoisotopic (exact) mass is 662 g/mol. The number of ether oxygens (including phenoxy) is 1. The minimum absolute atomic E-state index is 0.0944. The molecule has 3 heterocycles. The van der Waals surface area contributed by atoms with Gasteiger partial charge in [-0.1, -0.05) is 133 Å². The molecule has 52 heavy (non-hydrogen) atoms. The van der Waals surface area contributed by atoms with E-state index in [-0.39, 0.29) is 6.71 Å². The standard InChI is InChI=1S/C48H31BN2O/c1-2-15-32(16-3-1)34-17-4-9-22-40(34)50-42-24-11-6-19-36(42)37-31-33(29-30-43(37)50)35-18-5-10-23-41(35)51-44-25-12-7-20-38(44)49-39-21-8-13-27-46(39)52-47-28-14-26-45(51)48(47)49/h1-31H. The Balaban J connectivity index is 1.12. The zero-order valence-electron chi connectivity index (χ0n) is 28.3. The fourth-order valence-electron chi connectivity index (χ4n) is 8.68. The summed E-state index contributed by atoms with van der Waals surface area (Å²) >= 11 is 0. The highest BCUT2D eigenvalue weighted by Crippen LogP contribution is 2.45. The van der Waals surface area contributed by atoms with Crippen molar-refractivity contribution in [1.29, 1.82) is 0 Å². The van der Waals surface area contributed by atoms with Crippen LogP contribution in [0, 0.1) is 0 Å². The van der Waals surface area contributed by atoms with Crippen LogP contribution < -0.4 is 26.0 Å². The van der Waals surface area contributed by atoms with Gasteiger partial charge in [-0.15, -0.1) is 0 Å². The van der Waals surface area contributed by atoms with E-state index >= 15 is 0 Å². The number of rotatable bonds is 4.